The van der Waals surface area contributed by atoms with Gasteiger partial charge in [0.2, 0.25) is 0 Å². The summed E-state index contributed by atoms with van der Waals surface area (Å²) in [5, 5.41) is 0. The summed E-state index contributed by atoms with van der Waals surface area (Å²) in [4.78, 5) is 4.91. The van der Waals surface area contributed by atoms with Crippen LogP contribution in [0.5, 0.6) is 5.75 Å². The fourth-order valence-electron chi connectivity index (χ4n) is 2.45. The molecule has 1 atom stereocenters. The highest BCUT2D eigenvalue weighted by atomic mass is 16.5. The number of nitrogens with zero attached hydrogens (tertiary/aromatic N) is 2. The smallest absolute Gasteiger partial charge is 0.123 e. The second-order valence-electron chi connectivity index (χ2n) is 6.64. The number of hydrogen-bond donors (Lipinski definition) is 0. The third kappa shape index (κ3) is 5.01. The maximum absolute atomic E-state index is 5.50. The first-order chi connectivity index (χ1) is 9.81. The zero-order valence-corrected chi connectivity index (χ0v) is 14.8. The standard InChI is InChI=1S/C18H32N2O/c1-8-20(14-13-19(6)18(3,4)5)15(2)16-11-9-10-12-17(16)21-7/h9-12,15H,8,13-14H2,1-7H3/t15-/m0/s1. The summed E-state index contributed by atoms with van der Waals surface area (Å²) >= 11 is 0. The van der Waals surface area contributed by atoms with E-state index in [2.05, 4.69) is 63.6 Å². The molecular weight excluding hydrogens is 260 g/mol. The van der Waals surface area contributed by atoms with Crippen molar-refractivity contribution in [1.29, 1.82) is 0 Å². The molecule has 0 heterocycles. The summed E-state index contributed by atoms with van der Waals surface area (Å²) in [6.07, 6.45) is 0. The molecule has 0 bridgehead atoms. The van der Waals surface area contributed by atoms with E-state index >= 15 is 0 Å². The van der Waals surface area contributed by atoms with Crippen molar-refractivity contribution in [3.05, 3.63) is 29.8 Å². The van der Waals surface area contributed by atoms with E-state index in [9.17, 15) is 0 Å². The van der Waals surface area contributed by atoms with Crippen LogP contribution in [-0.4, -0.2) is 49.1 Å². The maximum atomic E-state index is 5.50. The van der Waals surface area contributed by atoms with Crippen LogP contribution in [0.15, 0.2) is 24.3 Å². The van der Waals surface area contributed by atoms with Crippen molar-refractivity contribution in [3.8, 4) is 5.75 Å². The summed E-state index contributed by atoms with van der Waals surface area (Å²) in [5.74, 6) is 0.979. The molecule has 1 aromatic carbocycles. The highest BCUT2D eigenvalue weighted by molar-refractivity contribution is 5.35. The summed E-state index contributed by atoms with van der Waals surface area (Å²) in [6.45, 7) is 14.4. The Morgan fingerprint density at radius 3 is 2.29 bits per heavy atom. The van der Waals surface area contributed by atoms with Gasteiger partial charge in [0.05, 0.1) is 7.11 Å². The summed E-state index contributed by atoms with van der Waals surface area (Å²) in [6, 6.07) is 8.68. The van der Waals surface area contributed by atoms with Crippen molar-refractivity contribution in [1.82, 2.24) is 9.80 Å². The highest BCUT2D eigenvalue weighted by Gasteiger charge is 2.21. The number of benzene rings is 1. The van der Waals surface area contributed by atoms with Crippen LogP contribution in [0.25, 0.3) is 0 Å². The van der Waals surface area contributed by atoms with Crippen LogP contribution in [0, 0.1) is 0 Å². The Morgan fingerprint density at radius 1 is 1.14 bits per heavy atom. The van der Waals surface area contributed by atoms with Crippen LogP contribution in [0.2, 0.25) is 0 Å². The second kappa shape index (κ2) is 7.81. The molecule has 0 spiro atoms. The Morgan fingerprint density at radius 2 is 1.76 bits per heavy atom. The third-order valence-electron chi connectivity index (χ3n) is 4.41. The predicted octanol–water partition coefficient (Wildman–Crippen LogP) is 3.81. The van der Waals surface area contributed by atoms with Gasteiger partial charge in [-0.2, -0.15) is 0 Å². The van der Waals surface area contributed by atoms with Crippen molar-refractivity contribution in [2.24, 2.45) is 0 Å². The van der Waals surface area contributed by atoms with E-state index in [1.165, 1.54) is 5.56 Å². The minimum absolute atomic E-state index is 0.215. The lowest BCUT2D eigenvalue weighted by Gasteiger charge is -2.35. The molecule has 0 aliphatic heterocycles. The van der Waals surface area contributed by atoms with E-state index in [0.29, 0.717) is 6.04 Å². The molecule has 0 saturated heterocycles. The van der Waals surface area contributed by atoms with E-state index < -0.39 is 0 Å². The molecule has 0 aliphatic carbocycles. The molecule has 0 aromatic heterocycles. The number of likely N-dealkylation sites (N-methyl/N-ethyl adjacent to an activating group) is 2. The van der Waals surface area contributed by atoms with Crippen LogP contribution in [0.3, 0.4) is 0 Å². The van der Waals surface area contributed by atoms with E-state index in [0.717, 1.165) is 25.4 Å². The van der Waals surface area contributed by atoms with Gasteiger partial charge in [0.1, 0.15) is 5.75 Å². The fourth-order valence-corrected chi connectivity index (χ4v) is 2.45. The molecule has 0 amide bonds. The molecule has 21 heavy (non-hydrogen) atoms. The van der Waals surface area contributed by atoms with Gasteiger partial charge in [-0.05, 0) is 47.4 Å². The van der Waals surface area contributed by atoms with Crippen LogP contribution < -0.4 is 4.74 Å². The molecule has 0 unspecified atom stereocenters. The number of hydrogen-bond acceptors (Lipinski definition) is 3. The van der Waals surface area contributed by atoms with Gasteiger partial charge in [0.25, 0.3) is 0 Å². The van der Waals surface area contributed by atoms with Gasteiger partial charge in [-0.15, -0.1) is 0 Å². The molecule has 0 radical (unpaired) electrons. The molecule has 1 aromatic rings. The normalized spacial score (nSPS) is 13.8. The largest absolute Gasteiger partial charge is 0.496 e. The second-order valence-corrected chi connectivity index (χ2v) is 6.64. The Kier molecular flexibility index (Phi) is 6.69. The van der Waals surface area contributed by atoms with Crippen molar-refractivity contribution in [2.45, 2.75) is 46.2 Å². The van der Waals surface area contributed by atoms with Crippen molar-refractivity contribution < 1.29 is 4.74 Å². The Balaban J connectivity index is 2.75. The van der Waals surface area contributed by atoms with Crippen molar-refractivity contribution >= 4 is 0 Å². The third-order valence-corrected chi connectivity index (χ3v) is 4.41. The lowest BCUT2D eigenvalue weighted by molar-refractivity contribution is 0.130. The molecule has 120 valence electrons. The molecular formula is C18H32N2O. The number of rotatable bonds is 7. The quantitative estimate of drug-likeness (QED) is 0.760. The first kappa shape index (κ1) is 18.0. The van der Waals surface area contributed by atoms with Crippen molar-refractivity contribution in [3.63, 3.8) is 0 Å². The Labute approximate surface area is 130 Å². The predicted molar refractivity (Wildman–Crippen MR) is 91.0 cm³/mol. The van der Waals surface area contributed by atoms with Crippen molar-refractivity contribution in [2.75, 3.05) is 33.8 Å². The summed E-state index contributed by atoms with van der Waals surface area (Å²) in [5.41, 5.74) is 1.48. The minimum Gasteiger partial charge on any atom is -0.496 e. The van der Waals surface area contributed by atoms with E-state index in [-0.39, 0.29) is 5.54 Å². The van der Waals surface area contributed by atoms with Crippen LogP contribution in [-0.2, 0) is 0 Å². The molecule has 3 heteroatoms. The Hall–Kier alpha value is -1.06. The van der Waals surface area contributed by atoms with Crippen LogP contribution >= 0.6 is 0 Å². The lowest BCUT2D eigenvalue weighted by atomic mass is 10.0. The van der Waals surface area contributed by atoms with Gasteiger partial charge in [-0.3, -0.25) is 4.90 Å². The summed E-state index contributed by atoms with van der Waals surface area (Å²) < 4.78 is 5.50. The zero-order chi connectivity index (χ0) is 16.0. The average molecular weight is 292 g/mol. The number of para-hydroxylation sites is 1. The van der Waals surface area contributed by atoms with E-state index in [4.69, 9.17) is 4.74 Å². The van der Waals surface area contributed by atoms with Gasteiger partial charge < -0.3 is 9.64 Å². The number of methoxy groups -OCH3 is 1. The first-order valence-corrected chi connectivity index (χ1v) is 7.89. The molecule has 0 N–H and O–H groups in total. The highest BCUT2D eigenvalue weighted by Crippen LogP contribution is 2.28. The molecule has 0 saturated carbocycles. The van der Waals surface area contributed by atoms with Gasteiger partial charge in [-0.1, -0.05) is 25.1 Å². The van der Waals surface area contributed by atoms with Gasteiger partial charge in [0, 0.05) is 30.2 Å². The van der Waals surface area contributed by atoms with E-state index in [1.54, 1.807) is 7.11 Å². The van der Waals surface area contributed by atoms with Gasteiger partial charge in [0.15, 0.2) is 0 Å². The maximum Gasteiger partial charge on any atom is 0.123 e. The molecule has 0 fully saturated rings. The SMILES string of the molecule is CCN(CCN(C)C(C)(C)C)[C@@H](C)c1ccccc1OC. The Bertz CT molecular complexity index is 425. The molecule has 3 nitrogen and oxygen atoms in total. The van der Waals surface area contributed by atoms with E-state index in [1.807, 2.05) is 12.1 Å². The van der Waals surface area contributed by atoms with Crippen LogP contribution in [0.4, 0.5) is 0 Å². The summed E-state index contributed by atoms with van der Waals surface area (Å²) in [7, 11) is 3.94. The molecule has 0 aliphatic rings. The van der Waals surface area contributed by atoms with Crippen LogP contribution in [0.1, 0.15) is 46.2 Å². The average Bonchev–Trinajstić information content (AvgIpc) is 2.46. The van der Waals surface area contributed by atoms with Gasteiger partial charge in [-0.25, -0.2) is 0 Å². The first-order valence-electron chi connectivity index (χ1n) is 7.89. The van der Waals surface area contributed by atoms with Gasteiger partial charge >= 0.3 is 0 Å². The lowest BCUT2D eigenvalue weighted by Crippen LogP contribution is -2.43. The topological polar surface area (TPSA) is 15.7 Å². The number of ether oxygens (including phenoxy) is 1. The minimum atomic E-state index is 0.215. The zero-order valence-electron chi connectivity index (χ0n) is 14.8. The molecule has 1 rings (SSSR count). The monoisotopic (exact) mass is 292 g/mol. The fraction of sp³-hybridized carbons (Fsp3) is 0.667.